The Morgan fingerprint density at radius 2 is 2.14 bits per heavy atom. The van der Waals surface area contributed by atoms with Crippen molar-refractivity contribution in [3.63, 3.8) is 0 Å². The van der Waals surface area contributed by atoms with Crippen molar-refractivity contribution in [3.05, 3.63) is 30.5 Å². The number of anilines is 1. The van der Waals surface area contributed by atoms with Crippen LogP contribution in [-0.4, -0.2) is 44.8 Å². The van der Waals surface area contributed by atoms with Gasteiger partial charge in [-0.3, -0.25) is 4.79 Å². The zero-order valence-corrected chi connectivity index (χ0v) is 12.2. The molecule has 2 N–H and O–H groups in total. The Labute approximate surface area is 123 Å². The van der Waals surface area contributed by atoms with Gasteiger partial charge in [0.05, 0.1) is 20.3 Å². The molecule has 0 fully saturated rings. The fourth-order valence-corrected chi connectivity index (χ4v) is 1.94. The Morgan fingerprint density at radius 3 is 2.90 bits per heavy atom. The lowest BCUT2D eigenvalue weighted by Gasteiger charge is -2.10. The standard InChI is InChI=1S/C15H19N3O3/c1-20-8-7-16-14(19)10-18-15-13-4-3-12(21-2)9-11(13)5-6-17-15/h3-6,9H,7-8,10H2,1-2H3,(H,16,19)(H,17,18). The van der Waals surface area contributed by atoms with E-state index in [4.69, 9.17) is 9.47 Å². The first-order valence-electron chi connectivity index (χ1n) is 6.67. The van der Waals surface area contributed by atoms with Crippen LogP contribution in [0.4, 0.5) is 5.82 Å². The fraction of sp³-hybridized carbons (Fsp3) is 0.333. The van der Waals surface area contributed by atoms with Gasteiger partial charge >= 0.3 is 0 Å². The molecule has 1 aromatic heterocycles. The summed E-state index contributed by atoms with van der Waals surface area (Å²) in [5.41, 5.74) is 0. The SMILES string of the molecule is COCCNC(=O)CNc1nccc2cc(OC)ccc12. The van der Waals surface area contributed by atoms with Crippen LogP contribution in [0.1, 0.15) is 0 Å². The molecule has 1 amide bonds. The molecule has 1 heterocycles. The Bertz CT molecular complexity index is 616. The third kappa shape index (κ3) is 4.06. The van der Waals surface area contributed by atoms with E-state index in [2.05, 4.69) is 15.6 Å². The van der Waals surface area contributed by atoms with Crippen LogP contribution in [-0.2, 0) is 9.53 Å². The monoisotopic (exact) mass is 289 g/mol. The molecule has 0 radical (unpaired) electrons. The summed E-state index contributed by atoms with van der Waals surface area (Å²) in [6.45, 7) is 1.16. The average Bonchev–Trinajstić information content (AvgIpc) is 2.52. The summed E-state index contributed by atoms with van der Waals surface area (Å²) < 4.78 is 10.1. The topological polar surface area (TPSA) is 72.5 Å². The van der Waals surface area contributed by atoms with Crippen molar-refractivity contribution in [1.29, 1.82) is 0 Å². The van der Waals surface area contributed by atoms with Gasteiger partial charge in [-0.05, 0) is 29.7 Å². The van der Waals surface area contributed by atoms with Crippen LogP contribution in [0.5, 0.6) is 5.75 Å². The Morgan fingerprint density at radius 1 is 1.29 bits per heavy atom. The van der Waals surface area contributed by atoms with Crippen molar-refractivity contribution in [1.82, 2.24) is 10.3 Å². The smallest absolute Gasteiger partial charge is 0.239 e. The maximum absolute atomic E-state index is 11.7. The molecule has 112 valence electrons. The third-order valence-corrected chi connectivity index (χ3v) is 3.02. The molecule has 0 unspecified atom stereocenters. The molecule has 6 heteroatoms. The number of carbonyl (C=O) groups is 1. The van der Waals surface area contributed by atoms with Crippen molar-refractivity contribution in [3.8, 4) is 5.75 Å². The zero-order chi connectivity index (χ0) is 15.1. The number of pyridine rings is 1. The first kappa shape index (κ1) is 15.1. The highest BCUT2D eigenvalue weighted by atomic mass is 16.5. The molecule has 0 spiro atoms. The lowest BCUT2D eigenvalue weighted by atomic mass is 10.1. The lowest BCUT2D eigenvalue weighted by Crippen LogP contribution is -2.32. The van der Waals surface area contributed by atoms with Crippen LogP contribution in [0, 0.1) is 0 Å². The molecule has 0 saturated carbocycles. The summed E-state index contributed by atoms with van der Waals surface area (Å²) in [7, 11) is 3.23. The summed E-state index contributed by atoms with van der Waals surface area (Å²) in [6, 6.07) is 7.63. The van der Waals surface area contributed by atoms with Crippen molar-refractivity contribution < 1.29 is 14.3 Å². The number of nitrogens with one attached hydrogen (secondary N) is 2. The van der Waals surface area contributed by atoms with Gasteiger partial charge in [0.1, 0.15) is 11.6 Å². The van der Waals surface area contributed by atoms with Crippen molar-refractivity contribution in [2.75, 3.05) is 39.2 Å². The number of rotatable bonds is 7. The summed E-state index contributed by atoms with van der Waals surface area (Å²) in [6.07, 6.45) is 1.70. The van der Waals surface area contributed by atoms with Crippen molar-refractivity contribution in [2.45, 2.75) is 0 Å². The Hall–Kier alpha value is -2.34. The lowest BCUT2D eigenvalue weighted by molar-refractivity contribution is -0.119. The molecule has 0 aliphatic heterocycles. The Balaban J connectivity index is 2.03. The van der Waals surface area contributed by atoms with E-state index in [1.54, 1.807) is 20.4 Å². The van der Waals surface area contributed by atoms with Gasteiger partial charge in [-0.15, -0.1) is 0 Å². The van der Waals surface area contributed by atoms with Crippen LogP contribution in [0.2, 0.25) is 0 Å². The van der Waals surface area contributed by atoms with Gasteiger partial charge in [0, 0.05) is 25.2 Å². The van der Waals surface area contributed by atoms with Crippen molar-refractivity contribution >= 4 is 22.5 Å². The number of benzene rings is 1. The maximum Gasteiger partial charge on any atom is 0.239 e. The summed E-state index contributed by atoms with van der Waals surface area (Å²) in [5.74, 6) is 1.37. The maximum atomic E-state index is 11.7. The number of hydrogen-bond donors (Lipinski definition) is 2. The zero-order valence-electron chi connectivity index (χ0n) is 12.2. The van der Waals surface area contributed by atoms with E-state index < -0.39 is 0 Å². The molecular weight excluding hydrogens is 270 g/mol. The second-order valence-electron chi connectivity index (χ2n) is 4.44. The number of aromatic nitrogens is 1. The predicted octanol–water partition coefficient (Wildman–Crippen LogP) is 1.42. The molecule has 0 saturated heterocycles. The van der Waals surface area contributed by atoms with E-state index in [9.17, 15) is 4.79 Å². The van der Waals surface area contributed by atoms with Gasteiger partial charge in [0.25, 0.3) is 0 Å². The van der Waals surface area contributed by atoms with Crippen LogP contribution in [0.3, 0.4) is 0 Å². The second-order valence-corrected chi connectivity index (χ2v) is 4.44. The van der Waals surface area contributed by atoms with E-state index in [1.165, 1.54) is 0 Å². The minimum Gasteiger partial charge on any atom is -0.497 e. The van der Waals surface area contributed by atoms with E-state index in [-0.39, 0.29) is 12.5 Å². The normalized spacial score (nSPS) is 10.4. The molecular formula is C15H19N3O3. The molecule has 0 bridgehead atoms. The fourth-order valence-electron chi connectivity index (χ4n) is 1.94. The minimum atomic E-state index is -0.0978. The van der Waals surface area contributed by atoms with Gasteiger partial charge in [0.15, 0.2) is 0 Å². The number of hydrogen-bond acceptors (Lipinski definition) is 5. The summed E-state index contributed by atoms with van der Waals surface area (Å²) in [5, 5.41) is 7.75. The van der Waals surface area contributed by atoms with E-state index in [0.29, 0.717) is 19.0 Å². The number of carbonyl (C=O) groups excluding carboxylic acids is 1. The molecule has 0 aliphatic rings. The predicted molar refractivity (Wildman–Crippen MR) is 81.7 cm³/mol. The highest BCUT2D eigenvalue weighted by Crippen LogP contribution is 2.24. The average molecular weight is 289 g/mol. The minimum absolute atomic E-state index is 0.0978. The van der Waals surface area contributed by atoms with E-state index in [1.807, 2.05) is 24.3 Å². The van der Waals surface area contributed by atoms with Crippen LogP contribution >= 0.6 is 0 Å². The Kier molecular flexibility index (Phi) is 5.34. The molecule has 1 aromatic carbocycles. The first-order chi connectivity index (χ1) is 10.2. The molecule has 0 aliphatic carbocycles. The molecule has 2 aromatic rings. The van der Waals surface area contributed by atoms with Gasteiger partial charge in [0.2, 0.25) is 5.91 Å². The highest BCUT2D eigenvalue weighted by molar-refractivity contribution is 5.93. The molecule has 2 rings (SSSR count). The molecule has 0 atom stereocenters. The summed E-state index contributed by atoms with van der Waals surface area (Å²) in [4.78, 5) is 15.9. The van der Waals surface area contributed by atoms with Crippen LogP contribution < -0.4 is 15.4 Å². The quantitative estimate of drug-likeness (QED) is 0.754. The van der Waals surface area contributed by atoms with E-state index in [0.717, 1.165) is 16.5 Å². The molecule has 6 nitrogen and oxygen atoms in total. The number of amides is 1. The highest BCUT2D eigenvalue weighted by Gasteiger charge is 2.05. The van der Waals surface area contributed by atoms with Gasteiger partial charge < -0.3 is 20.1 Å². The second kappa shape index (κ2) is 7.44. The van der Waals surface area contributed by atoms with Gasteiger partial charge in [-0.25, -0.2) is 4.98 Å². The van der Waals surface area contributed by atoms with Gasteiger partial charge in [-0.1, -0.05) is 0 Å². The van der Waals surface area contributed by atoms with Crippen molar-refractivity contribution in [2.24, 2.45) is 0 Å². The van der Waals surface area contributed by atoms with E-state index >= 15 is 0 Å². The number of fused-ring (bicyclic) bond motifs is 1. The number of methoxy groups -OCH3 is 2. The van der Waals surface area contributed by atoms with Crippen LogP contribution in [0.25, 0.3) is 10.8 Å². The third-order valence-electron chi connectivity index (χ3n) is 3.02. The number of nitrogens with zero attached hydrogens (tertiary/aromatic N) is 1. The first-order valence-corrected chi connectivity index (χ1v) is 6.67. The number of ether oxygens (including phenoxy) is 2. The largest absolute Gasteiger partial charge is 0.497 e. The summed E-state index contributed by atoms with van der Waals surface area (Å²) >= 11 is 0. The van der Waals surface area contributed by atoms with Gasteiger partial charge in [-0.2, -0.15) is 0 Å². The van der Waals surface area contributed by atoms with Crippen LogP contribution in [0.15, 0.2) is 30.5 Å². The molecule has 21 heavy (non-hydrogen) atoms.